The van der Waals surface area contributed by atoms with E-state index in [9.17, 15) is 4.79 Å². The predicted octanol–water partition coefficient (Wildman–Crippen LogP) is 2.58. The average Bonchev–Trinajstić information content (AvgIpc) is 2.59. The van der Waals surface area contributed by atoms with Gasteiger partial charge in [0.05, 0.1) is 19.2 Å². The second kappa shape index (κ2) is 8.22. The van der Waals surface area contributed by atoms with Gasteiger partial charge in [-0.2, -0.15) is 0 Å². The largest absolute Gasteiger partial charge is 0.493 e. The van der Waals surface area contributed by atoms with Crippen molar-refractivity contribution in [2.24, 2.45) is 0 Å². The molecule has 2 rings (SSSR count). The van der Waals surface area contributed by atoms with Gasteiger partial charge in [-0.25, -0.2) is 0 Å². The molecule has 0 spiro atoms. The average molecular weight is 339 g/mol. The second-order valence-corrected chi connectivity index (χ2v) is 5.91. The lowest BCUT2D eigenvalue weighted by Crippen LogP contribution is -2.43. The molecule has 1 aromatic carbocycles. The molecule has 1 aliphatic heterocycles. The summed E-state index contributed by atoms with van der Waals surface area (Å²) >= 11 is 6.17. The van der Waals surface area contributed by atoms with Crippen LogP contribution in [0, 0.1) is 0 Å². The summed E-state index contributed by atoms with van der Waals surface area (Å²) in [4.78, 5) is 14.1. The number of hydrogen-bond donors (Lipinski definition) is 1. The first kappa shape index (κ1) is 17.6. The molecule has 0 bridgehead atoms. The molecule has 0 radical (unpaired) electrons. The Morgan fingerprint density at radius 2 is 2.00 bits per heavy atom. The fraction of sp³-hybridized carbons (Fsp3) is 0.471. The highest BCUT2D eigenvalue weighted by molar-refractivity contribution is 6.32. The molecule has 1 heterocycles. The molecule has 0 saturated carbocycles. The molecule has 1 saturated heterocycles. The van der Waals surface area contributed by atoms with E-state index in [-0.39, 0.29) is 5.91 Å². The number of ether oxygens (including phenoxy) is 2. The van der Waals surface area contributed by atoms with Gasteiger partial charge in [-0.1, -0.05) is 11.6 Å². The number of halogens is 1. The molecular weight excluding hydrogens is 316 g/mol. The van der Waals surface area contributed by atoms with Crippen LogP contribution >= 0.6 is 11.6 Å². The van der Waals surface area contributed by atoms with Gasteiger partial charge in [0.25, 0.3) is 0 Å². The van der Waals surface area contributed by atoms with Crippen LogP contribution in [0.5, 0.6) is 11.5 Å². The van der Waals surface area contributed by atoms with E-state index in [0.29, 0.717) is 22.6 Å². The molecule has 1 aromatic rings. The minimum atomic E-state index is -0.0113. The zero-order chi connectivity index (χ0) is 16.8. The van der Waals surface area contributed by atoms with Crippen LogP contribution in [0.15, 0.2) is 18.2 Å². The molecule has 0 atom stereocenters. The molecule has 1 N–H and O–H groups in total. The maximum atomic E-state index is 12.3. The summed E-state index contributed by atoms with van der Waals surface area (Å²) in [6.45, 7) is 1.91. The number of rotatable bonds is 5. The highest BCUT2D eigenvalue weighted by atomic mass is 35.5. The summed E-state index contributed by atoms with van der Waals surface area (Å²) in [6.07, 6.45) is 5.28. The van der Waals surface area contributed by atoms with Gasteiger partial charge in [-0.05, 0) is 49.7 Å². The van der Waals surface area contributed by atoms with Gasteiger partial charge in [0, 0.05) is 19.2 Å². The molecule has 1 aliphatic rings. The molecular formula is C17H23ClN2O3. The topological polar surface area (TPSA) is 50.8 Å². The summed E-state index contributed by atoms with van der Waals surface area (Å²) in [6, 6.07) is 3.83. The van der Waals surface area contributed by atoms with Crippen LogP contribution in [0.1, 0.15) is 18.4 Å². The first-order chi connectivity index (χ1) is 11.1. The summed E-state index contributed by atoms with van der Waals surface area (Å²) in [5, 5.41) is 3.75. The molecule has 1 amide bonds. The fourth-order valence-corrected chi connectivity index (χ4v) is 2.99. The van der Waals surface area contributed by atoms with E-state index in [2.05, 4.69) is 5.32 Å². The lowest BCUT2D eigenvalue weighted by Gasteiger charge is -2.30. The highest BCUT2D eigenvalue weighted by Crippen LogP contribution is 2.36. The van der Waals surface area contributed by atoms with Crippen molar-refractivity contribution in [1.82, 2.24) is 10.2 Å². The van der Waals surface area contributed by atoms with Crippen molar-refractivity contribution in [3.05, 3.63) is 28.8 Å². The maximum absolute atomic E-state index is 12.3. The van der Waals surface area contributed by atoms with Crippen LogP contribution in [0.3, 0.4) is 0 Å². The van der Waals surface area contributed by atoms with Crippen molar-refractivity contribution in [2.75, 3.05) is 34.4 Å². The van der Waals surface area contributed by atoms with E-state index in [4.69, 9.17) is 21.1 Å². The van der Waals surface area contributed by atoms with E-state index in [0.717, 1.165) is 31.5 Å². The van der Waals surface area contributed by atoms with E-state index in [1.165, 1.54) is 7.11 Å². The zero-order valence-corrected chi connectivity index (χ0v) is 14.5. The Hall–Kier alpha value is -1.72. The molecule has 23 heavy (non-hydrogen) atoms. The first-order valence-corrected chi connectivity index (χ1v) is 8.01. The number of hydrogen-bond acceptors (Lipinski definition) is 4. The Bertz CT molecular complexity index is 583. The third-order valence-electron chi connectivity index (χ3n) is 4.08. The number of nitrogens with zero attached hydrogens (tertiary/aromatic N) is 1. The standard InChI is InChI=1S/C17H23ClN2O3/c1-20(13-6-8-19-9-7-13)16(21)5-4-12-10-14(18)17(23-3)15(11-12)22-2/h4-5,10-11,13,19H,6-9H2,1-3H3. The zero-order valence-electron chi connectivity index (χ0n) is 13.8. The minimum Gasteiger partial charge on any atom is -0.493 e. The highest BCUT2D eigenvalue weighted by Gasteiger charge is 2.20. The predicted molar refractivity (Wildman–Crippen MR) is 92.3 cm³/mol. The van der Waals surface area contributed by atoms with Gasteiger partial charge in [0.2, 0.25) is 5.91 Å². The van der Waals surface area contributed by atoms with Crippen molar-refractivity contribution in [2.45, 2.75) is 18.9 Å². The van der Waals surface area contributed by atoms with Crippen LogP contribution in [-0.4, -0.2) is 51.2 Å². The number of amides is 1. The van der Waals surface area contributed by atoms with Crippen molar-refractivity contribution in [3.8, 4) is 11.5 Å². The first-order valence-electron chi connectivity index (χ1n) is 7.64. The Kier molecular flexibility index (Phi) is 6.30. The van der Waals surface area contributed by atoms with E-state index in [1.54, 1.807) is 36.3 Å². The quantitative estimate of drug-likeness (QED) is 0.838. The smallest absolute Gasteiger partial charge is 0.246 e. The van der Waals surface area contributed by atoms with Gasteiger partial charge in [-0.3, -0.25) is 4.79 Å². The number of piperidine rings is 1. The van der Waals surface area contributed by atoms with E-state index < -0.39 is 0 Å². The number of carbonyl (C=O) groups is 1. The second-order valence-electron chi connectivity index (χ2n) is 5.50. The van der Waals surface area contributed by atoms with Crippen molar-refractivity contribution in [3.63, 3.8) is 0 Å². The number of benzene rings is 1. The van der Waals surface area contributed by atoms with Crippen LogP contribution in [0.25, 0.3) is 6.08 Å². The van der Waals surface area contributed by atoms with E-state index in [1.807, 2.05) is 7.05 Å². The van der Waals surface area contributed by atoms with Gasteiger partial charge in [0.15, 0.2) is 11.5 Å². The molecule has 0 aromatic heterocycles. The van der Waals surface area contributed by atoms with Crippen molar-refractivity contribution >= 4 is 23.6 Å². The number of likely N-dealkylation sites (N-methyl/N-ethyl adjacent to an activating group) is 1. The fourth-order valence-electron chi connectivity index (χ4n) is 2.69. The van der Waals surface area contributed by atoms with Crippen LogP contribution in [0.4, 0.5) is 0 Å². The minimum absolute atomic E-state index is 0.0113. The molecule has 5 nitrogen and oxygen atoms in total. The van der Waals surface area contributed by atoms with Crippen LogP contribution < -0.4 is 14.8 Å². The molecule has 126 valence electrons. The lowest BCUT2D eigenvalue weighted by atomic mass is 10.1. The third-order valence-corrected chi connectivity index (χ3v) is 4.36. The number of methoxy groups -OCH3 is 2. The van der Waals surface area contributed by atoms with Crippen molar-refractivity contribution < 1.29 is 14.3 Å². The van der Waals surface area contributed by atoms with Crippen LogP contribution in [0.2, 0.25) is 5.02 Å². The monoisotopic (exact) mass is 338 g/mol. The Morgan fingerprint density at radius 1 is 1.30 bits per heavy atom. The number of carbonyl (C=O) groups excluding carboxylic acids is 1. The Morgan fingerprint density at radius 3 is 2.61 bits per heavy atom. The van der Waals surface area contributed by atoms with Crippen molar-refractivity contribution in [1.29, 1.82) is 0 Å². The summed E-state index contributed by atoms with van der Waals surface area (Å²) < 4.78 is 10.5. The SMILES string of the molecule is COc1cc(C=CC(=O)N(C)C2CCNCC2)cc(Cl)c1OC. The molecule has 6 heteroatoms. The van der Waals surface area contributed by atoms with Gasteiger partial charge in [0.1, 0.15) is 0 Å². The Labute approximate surface area is 142 Å². The summed E-state index contributed by atoms with van der Waals surface area (Å²) in [5.41, 5.74) is 0.791. The van der Waals surface area contributed by atoms with Crippen LogP contribution in [-0.2, 0) is 4.79 Å². The number of nitrogens with one attached hydrogen (secondary N) is 1. The Balaban J connectivity index is 2.09. The molecule has 0 aliphatic carbocycles. The third kappa shape index (κ3) is 4.39. The van der Waals surface area contributed by atoms with E-state index >= 15 is 0 Å². The summed E-state index contributed by atoms with van der Waals surface area (Å²) in [7, 11) is 4.94. The molecule has 0 unspecified atom stereocenters. The maximum Gasteiger partial charge on any atom is 0.246 e. The van der Waals surface area contributed by atoms with Gasteiger partial charge in [-0.15, -0.1) is 0 Å². The summed E-state index contributed by atoms with van der Waals surface area (Å²) in [5.74, 6) is 1.02. The van der Waals surface area contributed by atoms with Gasteiger partial charge >= 0.3 is 0 Å². The lowest BCUT2D eigenvalue weighted by molar-refractivity contribution is -0.127. The molecule has 1 fully saturated rings. The van der Waals surface area contributed by atoms with Gasteiger partial charge < -0.3 is 19.7 Å². The normalized spacial score (nSPS) is 15.7.